The van der Waals surface area contributed by atoms with Crippen LogP contribution in [-0.2, 0) is 17.9 Å². The maximum atomic E-state index is 11.7. The smallest absolute Gasteiger partial charge is 0.269 e. The van der Waals surface area contributed by atoms with Crippen molar-refractivity contribution in [3.05, 3.63) is 28.2 Å². The van der Waals surface area contributed by atoms with Crippen LogP contribution in [0.2, 0.25) is 25.7 Å². The quantitative estimate of drug-likeness (QED) is 0.595. The maximum absolute atomic E-state index is 11.7. The first-order valence-corrected chi connectivity index (χ1v) is 9.88. The summed E-state index contributed by atoms with van der Waals surface area (Å²) in [6, 6.07) is 2.56. The molecule has 1 aromatic heterocycles. The summed E-state index contributed by atoms with van der Waals surface area (Å²) in [4.78, 5) is 11.7. The molecule has 6 heteroatoms. The molecule has 0 aliphatic heterocycles. The van der Waals surface area contributed by atoms with Crippen LogP contribution in [0.25, 0.3) is 0 Å². The van der Waals surface area contributed by atoms with E-state index in [1.165, 1.54) is 10.7 Å². The number of nitrogens with zero attached hydrogens (tertiary/aromatic N) is 2. The third-order valence-electron chi connectivity index (χ3n) is 2.54. The third-order valence-corrected chi connectivity index (χ3v) is 4.24. The predicted octanol–water partition coefficient (Wildman–Crippen LogP) is 1.09. The van der Waals surface area contributed by atoms with Crippen molar-refractivity contribution < 1.29 is 9.84 Å². The van der Waals surface area contributed by atoms with Crippen molar-refractivity contribution in [3.8, 4) is 0 Å². The molecule has 0 spiro atoms. The molecule has 0 aromatic carbocycles. The van der Waals surface area contributed by atoms with E-state index in [-0.39, 0.29) is 18.9 Å². The Morgan fingerprint density at radius 2 is 2.17 bits per heavy atom. The van der Waals surface area contributed by atoms with Gasteiger partial charge in [-0.2, -0.15) is 5.10 Å². The van der Waals surface area contributed by atoms with Gasteiger partial charge in [0.25, 0.3) is 5.56 Å². The summed E-state index contributed by atoms with van der Waals surface area (Å²) < 4.78 is 6.76. The largest absolute Gasteiger partial charge is 0.396 e. The molecule has 0 amide bonds. The lowest BCUT2D eigenvalue weighted by Crippen LogP contribution is -2.26. The van der Waals surface area contributed by atoms with Gasteiger partial charge < -0.3 is 9.84 Å². The molecule has 18 heavy (non-hydrogen) atoms. The third kappa shape index (κ3) is 5.57. The van der Waals surface area contributed by atoms with E-state index < -0.39 is 8.07 Å². The van der Waals surface area contributed by atoms with Crippen LogP contribution in [0.4, 0.5) is 0 Å². The summed E-state index contributed by atoms with van der Waals surface area (Å²) >= 11 is 0. The minimum Gasteiger partial charge on any atom is -0.396 e. The molecule has 0 atom stereocenters. The molecule has 1 N–H and O–H groups in total. The lowest BCUT2D eigenvalue weighted by Gasteiger charge is -2.15. The molecule has 0 saturated heterocycles. The van der Waals surface area contributed by atoms with Crippen molar-refractivity contribution in [2.24, 2.45) is 0 Å². The van der Waals surface area contributed by atoms with Crippen molar-refractivity contribution in [2.75, 3.05) is 13.2 Å². The van der Waals surface area contributed by atoms with E-state index in [1.807, 2.05) is 0 Å². The first-order chi connectivity index (χ1) is 8.42. The zero-order valence-electron chi connectivity index (χ0n) is 11.3. The summed E-state index contributed by atoms with van der Waals surface area (Å²) in [5, 5.41) is 12.8. The normalized spacial score (nSPS) is 11.8. The Balaban J connectivity index is 2.46. The molecular formula is C12H22N2O3Si. The number of hydrogen-bond donors (Lipinski definition) is 1. The first-order valence-electron chi connectivity index (χ1n) is 6.17. The molecule has 1 heterocycles. The number of aliphatic hydroxyl groups excluding tert-OH is 1. The SMILES string of the molecule is C[Si](C)(C)CCOCn1ncc(CCO)cc1=O. The van der Waals surface area contributed by atoms with Gasteiger partial charge in [-0.25, -0.2) is 4.68 Å². The monoisotopic (exact) mass is 270 g/mol. The van der Waals surface area contributed by atoms with Crippen molar-refractivity contribution in [1.82, 2.24) is 9.78 Å². The minimum absolute atomic E-state index is 0.0256. The molecule has 5 nitrogen and oxygen atoms in total. The number of hydrogen-bond acceptors (Lipinski definition) is 4. The van der Waals surface area contributed by atoms with E-state index in [2.05, 4.69) is 24.7 Å². The van der Waals surface area contributed by atoms with Crippen molar-refractivity contribution in [3.63, 3.8) is 0 Å². The van der Waals surface area contributed by atoms with Crippen LogP contribution in [0.1, 0.15) is 5.56 Å². The van der Waals surface area contributed by atoms with Gasteiger partial charge in [0, 0.05) is 27.4 Å². The lowest BCUT2D eigenvalue weighted by molar-refractivity contribution is 0.0748. The molecule has 1 aromatic rings. The van der Waals surface area contributed by atoms with E-state index in [0.29, 0.717) is 13.0 Å². The van der Waals surface area contributed by atoms with Gasteiger partial charge in [0.15, 0.2) is 0 Å². The van der Waals surface area contributed by atoms with Crippen LogP contribution in [-0.4, -0.2) is 36.2 Å². The Labute approximate surface area is 108 Å². The minimum atomic E-state index is -1.09. The molecular weight excluding hydrogens is 248 g/mol. The second-order valence-corrected chi connectivity index (χ2v) is 11.1. The molecule has 102 valence electrons. The van der Waals surface area contributed by atoms with E-state index in [9.17, 15) is 4.79 Å². The van der Waals surface area contributed by atoms with Crippen LogP contribution < -0.4 is 5.56 Å². The van der Waals surface area contributed by atoms with Gasteiger partial charge in [0.05, 0.1) is 6.20 Å². The van der Waals surface area contributed by atoms with Gasteiger partial charge in [-0.1, -0.05) is 19.6 Å². The van der Waals surface area contributed by atoms with Gasteiger partial charge >= 0.3 is 0 Å². The molecule has 0 saturated carbocycles. The summed E-state index contributed by atoms with van der Waals surface area (Å²) in [7, 11) is -1.09. The fourth-order valence-corrected chi connectivity index (χ4v) is 2.12. The van der Waals surface area contributed by atoms with Crippen molar-refractivity contribution in [1.29, 1.82) is 0 Å². The van der Waals surface area contributed by atoms with Gasteiger partial charge in [-0.05, 0) is 18.0 Å². The summed E-state index contributed by atoms with van der Waals surface area (Å²) in [5.41, 5.74) is 0.565. The van der Waals surface area contributed by atoms with Crippen LogP contribution in [0.15, 0.2) is 17.1 Å². The van der Waals surface area contributed by atoms with Gasteiger partial charge in [-0.15, -0.1) is 0 Å². The van der Waals surface area contributed by atoms with E-state index in [1.54, 1.807) is 6.20 Å². The Morgan fingerprint density at radius 3 is 2.72 bits per heavy atom. The molecule has 0 radical (unpaired) electrons. The van der Waals surface area contributed by atoms with Gasteiger partial charge in [-0.3, -0.25) is 4.79 Å². The Bertz CT molecular complexity index is 426. The van der Waals surface area contributed by atoms with Crippen molar-refractivity contribution >= 4 is 8.07 Å². The standard InChI is InChI=1S/C12H22N2O3Si/c1-18(2,3)7-6-17-10-14-12(16)8-11(4-5-15)9-13-14/h8-9,15H,4-7,10H2,1-3H3. The number of rotatable bonds is 7. The predicted molar refractivity (Wildman–Crippen MR) is 73.4 cm³/mol. The van der Waals surface area contributed by atoms with Crippen LogP contribution >= 0.6 is 0 Å². The second kappa shape index (κ2) is 6.82. The maximum Gasteiger partial charge on any atom is 0.269 e. The number of aliphatic hydroxyl groups is 1. The Hall–Kier alpha value is -0.983. The fraction of sp³-hybridized carbons (Fsp3) is 0.667. The fourth-order valence-electron chi connectivity index (χ4n) is 1.36. The van der Waals surface area contributed by atoms with Gasteiger partial charge in [0.2, 0.25) is 0 Å². The lowest BCUT2D eigenvalue weighted by atomic mass is 10.2. The number of aromatic nitrogens is 2. The van der Waals surface area contributed by atoms with Crippen LogP contribution in [0.3, 0.4) is 0 Å². The molecule has 0 fully saturated rings. The summed E-state index contributed by atoms with van der Waals surface area (Å²) in [5.74, 6) is 0. The van der Waals surface area contributed by atoms with Crippen LogP contribution in [0.5, 0.6) is 0 Å². The summed E-state index contributed by atoms with van der Waals surface area (Å²) in [6.45, 7) is 7.74. The zero-order valence-corrected chi connectivity index (χ0v) is 12.3. The van der Waals surface area contributed by atoms with Crippen molar-refractivity contribution in [2.45, 2.75) is 38.8 Å². The molecule has 0 aliphatic rings. The van der Waals surface area contributed by atoms with E-state index >= 15 is 0 Å². The zero-order chi connectivity index (χ0) is 13.6. The van der Waals surface area contributed by atoms with E-state index in [0.717, 1.165) is 11.6 Å². The van der Waals surface area contributed by atoms with E-state index in [4.69, 9.17) is 9.84 Å². The topological polar surface area (TPSA) is 64.3 Å². The average Bonchev–Trinajstić information content (AvgIpc) is 2.26. The second-order valence-electron chi connectivity index (χ2n) is 5.52. The Kier molecular flexibility index (Phi) is 5.71. The molecule has 0 unspecified atom stereocenters. The Morgan fingerprint density at radius 1 is 1.44 bits per heavy atom. The molecule has 0 bridgehead atoms. The highest BCUT2D eigenvalue weighted by Crippen LogP contribution is 2.07. The summed E-state index contributed by atoms with van der Waals surface area (Å²) in [6.07, 6.45) is 2.05. The molecule has 0 aliphatic carbocycles. The highest BCUT2D eigenvalue weighted by Gasteiger charge is 2.12. The first kappa shape index (κ1) is 15.1. The molecule has 1 rings (SSSR count). The van der Waals surface area contributed by atoms with Gasteiger partial charge in [0.1, 0.15) is 6.73 Å². The highest BCUT2D eigenvalue weighted by molar-refractivity contribution is 6.76. The number of ether oxygens (including phenoxy) is 1. The highest BCUT2D eigenvalue weighted by atomic mass is 28.3. The van der Waals surface area contributed by atoms with Crippen LogP contribution in [0, 0.1) is 0 Å². The average molecular weight is 270 g/mol.